The summed E-state index contributed by atoms with van der Waals surface area (Å²) in [4.78, 5) is 13.0. The monoisotopic (exact) mass is 964 g/mol. The Morgan fingerprint density at radius 2 is 0.824 bits per heavy atom. The number of amides is 1. The topological polar surface area (TPSA) is 149 Å². The third-order valence-electron chi connectivity index (χ3n) is 14.3. The van der Waals surface area contributed by atoms with Crippen molar-refractivity contribution in [1.29, 1.82) is 0 Å². The Labute approximate surface area is 419 Å². The molecule has 6 N–H and O–H groups in total. The van der Waals surface area contributed by atoms with Crippen LogP contribution >= 0.6 is 0 Å². The van der Waals surface area contributed by atoms with Crippen LogP contribution in [0.15, 0.2) is 24.3 Å². The fourth-order valence-electron chi connectivity index (χ4n) is 9.57. The van der Waals surface area contributed by atoms with Gasteiger partial charge in [-0.3, -0.25) is 4.79 Å². The SMILES string of the molecule is CCCCC/C=C\CCCCCCCC(=O)NC(COC1OC(CO)C(O)C(O)C1O)C(O)/C=C/CCCCCCCCCCCCCCCCCCCCCCCCCCCCCCCCC. The molecule has 0 aliphatic carbocycles. The minimum absolute atomic E-state index is 0.184. The predicted octanol–water partition coefficient (Wildman–Crippen LogP) is 14.6. The summed E-state index contributed by atoms with van der Waals surface area (Å²) in [5, 5.41) is 54.4. The largest absolute Gasteiger partial charge is 0.394 e. The number of hydrogen-bond acceptors (Lipinski definition) is 8. The van der Waals surface area contributed by atoms with E-state index in [1.807, 2.05) is 6.08 Å². The third-order valence-corrected chi connectivity index (χ3v) is 14.3. The Hall–Kier alpha value is -1.33. The van der Waals surface area contributed by atoms with Crippen LogP contribution in [0.5, 0.6) is 0 Å². The molecule has 1 aliphatic heterocycles. The number of aliphatic hydroxyl groups is 5. The van der Waals surface area contributed by atoms with Gasteiger partial charge in [-0.25, -0.2) is 0 Å². The van der Waals surface area contributed by atoms with E-state index in [-0.39, 0.29) is 12.5 Å². The first-order valence-electron chi connectivity index (χ1n) is 29.6. The van der Waals surface area contributed by atoms with Crippen LogP contribution in [0.1, 0.15) is 290 Å². The molecule has 0 bridgehead atoms. The first-order chi connectivity index (χ1) is 33.3. The van der Waals surface area contributed by atoms with Crippen LogP contribution < -0.4 is 5.32 Å². The van der Waals surface area contributed by atoms with Crippen molar-refractivity contribution < 1.29 is 39.8 Å². The van der Waals surface area contributed by atoms with Crippen LogP contribution in [-0.2, 0) is 14.3 Å². The average Bonchev–Trinajstić information content (AvgIpc) is 3.34. The van der Waals surface area contributed by atoms with Crippen LogP contribution in [-0.4, -0.2) is 87.5 Å². The number of allylic oxidation sites excluding steroid dienone is 3. The van der Waals surface area contributed by atoms with Gasteiger partial charge < -0.3 is 40.3 Å². The van der Waals surface area contributed by atoms with Crippen molar-refractivity contribution in [3.05, 3.63) is 24.3 Å². The first-order valence-corrected chi connectivity index (χ1v) is 29.6. The number of unbranched alkanes of at least 4 members (excludes halogenated alkanes) is 39. The van der Waals surface area contributed by atoms with E-state index in [0.717, 1.165) is 57.8 Å². The molecule has 402 valence electrons. The molecule has 68 heavy (non-hydrogen) atoms. The Morgan fingerprint density at radius 3 is 1.22 bits per heavy atom. The molecule has 1 rings (SSSR count). The molecule has 1 fully saturated rings. The fraction of sp³-hybridized carbons (Fsp3) is 0.915. The number of hydrogen-bond donors (Lipinski definition) is 6. The third kappa shape index (κ3) is 38.4. The minimum atomic E-state index is -1.57. The molecule has 1 aliphatic rings. The number of aliphatic hydroxyl groups excluding tert-OH is 5. The molecule has 0 spiro atoms. The van der Waals surface area contributed by atoms with Crippen molar-refractivity contribution >= 4 is 5.91 Å². The summed E-state index contributed by atoms with van der Waals surface area (Å²) in [6.45, 7) is 3.77. The van der Waals surface area contributed by atoms with E-state index in [2.05, 4.69) is 31.3 Å². The fourth-order valence-corrected chi connectivity index (χ4v) is 9.57. The lowest BCUT2D eigenvalue weighted by Crippen LogP contribution is -2.60. The second-order valence-corrected chi connectivity index (χ2v) is 20.8. The number of nitrogens with one attached hydrogen (secondary N) is 1. The van der Waals surface area contributed by atoms with Gasteiger partial charge in [-0.1, -0.05) is 263 Å². The number of ether oxygens (including phenoxy) is 2. The van der Waals surface area contributed by atoms with Gasteiger partial charge in [0.1, 0.15) is 24.4 Å². The van der Waals surface area contributed by atoms with Gasteiger partial charge in [0.25, 0.3) is 0 Å². The molecule has 0 saturated carbocycles. The van der Waals surface area contributed by atoms with Gasteiger partial charge >= 0.3 is 0 Å². The van der Waals surface area contributed by atoms with Crippen molar-refractivity contribution in [1.82, 2.24) is 5.32 Å². The molecule has 9 nitrogen and oxygen atoms in total. The Morgan fingerprint density at radius 1 is 0.485 bits per heavy atom. The Bertz CT molecular complexity index is 1120. The standard InChI is InChI=1S/C59H113NO8/c1-3-5-7-9-11-13-15-17-18-19-20-21-22-23-24-25-26-27-28-29-30-31-32-33-34-35-36-37-38-40-42-44-46-48-53(62)52(51-67-59-58(66)57(65)56(64)54(50-61)68-59)60-55(63)49-47-45-43-41-39-16-14-12-10-8-6-4-2/h12,14,46,48,52-54,56-59,61-62,64-66H,3-11,13,15-45,47,49-51H2,1-2H3,(H,60,63)/b14-12-,48-46+. The van der Waals surface area contributed by atoms with Crippen LogP contribution in [0.25, 0.3) is 0 Å². The van der Waals surface area contributed by atoms with E-state index < -0.39 is 49.5 Å². The van der Waals surface area contributed by atoms with Gasteiger partial charge in [-0.2, -0.15) is 0 Å². The van der Waals surface area contributed by atoms with Gasteiger partial charge in [0.05, 0.1) is 25.4 Å². The van der Waals surface area contributed by atoms with Gasteiger partial charge in [0.15, 0.2) is 6.29 Å². The first kappa shape index (κ1) is 64.7. The highest BCUT2D eigenvalue weighted by Crippen LogP contribution is 2.23. The van der Waals surface area contributed by atoms with E-state index in [9.17, 15) is 30.3 Å². The van der Waals surface area contributed by atoms with Gasteiger partial charge in [-0.15, -0.1) is 0 Å². The summed E-state index contributed by atoms with van der Waals surface area (Å²) < 4.78 is 11.2. The van der Waals surface area contributed by atoms with E-state index in [4.69, 9.17) is 9.47 Å². The van der Waals surface area contributed by atoms with E-state index in [1.165, 1.54) is 212 Å². The maximum Gasteiger partial charge on any atom is 0.220 e. The van der Waals surface area contributed by atoms with Crippen LogP contribution in [0, 0.1) is 0 Å². The molecular weight excluding hydrogens is 851 g/mol. The smallest absolute Gasteiger partial charge is 0.220 e. The van der Waals surface area contributed by atoms with Crippen LogP contribution in [0.3, 0.4) is 0 Å². The van der Waals surface area contributed by atoms with Crippen molar-refractivity contribution in [2.75, 3.05) is 13.2 Å². The zero-order valence-corrected chi connectivity index (χ0v) is 44.6. The lowest BCUT2D eigenvalue weighted by atomic mass is 9.99. The molecule has 7 unspecified atom stereocenters. The lowest BCUT2D eigenvalue weighted by Gasteiger charge is -2.40. The quantitative estimate of drug-likeness (QED) is 0.0261. The van der Waals surface area contributed by atoms with Crippen molar-refractivity contribution in [3.63, 3.8) is 0 Å². The van der Waals surface area contributed by atoms with Crippen LogP contribution in [0.2, 0.25) is 0 Å². The van der Waals surface area contributed by atoms with Gasteiger partial charge in [0.2, 0.25) is 5.91 Å². The summed E-state index contributed by atoms with van der Waals surface area (Å²) in [6.07, 6.45) is 55.6. The second kappa shape index (κ2) is 49.3. The Balaban J connectivity index is 2.11. The molecule has 1 heterocycles. The molecule has 0 aromatic heterocycles. The molecule has 0 radical (unpaired) electrons. The van der Waals surface area contributed by atoms with Gasteiger partial charge in [-0.05, 0) is 44.9 Å². The van der Waals surface area contributed by atoms with Crippen LogP contribution in [0.4, 0.5) is 0 Å². The van der Waals surface area contributed by atoms with Crippen molar-refractivity contribution in [2.45, 2.75) is 333 Å². The van der Waals surface area contributed by atoms with Crippen molar-refractivity contribution in [3.8, 4) is 0 Å². The number of carbonyl (C=O) groups is 1. The molecule has 9 heteroatoms. The molecule has 0 aromatic carbocycles. The van der Waals surface area contributed by atoms with E-state index in [1.54, 1.807) is 6.08 Å². The minimum Gasteiger partial charge on any atom is -0.394 e. The second-order valence-electron chi connectivity index (χ2n) is 20.8. The zero-order valence-electron chi connectivity index (χ0n) is 44.6. The van der Waals surface area contributed by atoms with Crippen molar-refractivity contribution in [2.24, 2.45) is 0 Å². The maximum absolute atomic E-state index is 13.0. The average molecular weight is 965 g/mol. The summed E-state index contributed by atoms with van der Waals surface area (Å²) in [7, 11) is 0. The van der Waals surface area contributed by atoms with E-state index in [0.29, 0.717) is 6.42 Å². The predicted molar refractivity (Wildman–Crippen MR) is 286 cm³/mol. The molecule has 0 aromatic rings. The molecular formula is C59H113NO8. The maximum atomic E-state index is 13.0. The van der Waals surface area contributed by atoms with Gasteiger partial charge in [0, 0.05) is 6.42 Å². The molecule has 7 atom stereocenters. The summed E-state index contributed by atoms with van der Waals surface area (Å²) in [6, 6.07) is -0.807. The summed E-state index contributed by atoms with van der Waals surface area (Å²) in [5.41, 5.74) is 0. The zero-order chi connectivity index (χ0) is 49.4. The number of rotatable bonds is 51. The Kier molecular flexibility index (Phi) is 46.9. The highest BCUT2D eigenvalue weighted by Gasteiger charge is 2.44. The molecule has 1 amide bonds. The highest BCUT2D eigenvalue weighted by atomic mass is 16.7. The van der Waals surface area contributed by atoms with E-state index >= 15 is 0 Å². The highest BCUT2D eigenvalue weighted by molar-refractivity contribution is 5.76. The number of carbonyl (C=O) groups excluding carboxylic acids is 1. The lowest BCUT2D eigenvalue weighted by molar-refractivity contribution is -0.302. The summed E-state index contributed by atoms with van der Waals surface area (Å²) in [5.74, 6) is -0.184. The normalized spacial score (nSPS) is 19.7. The summed E-state index contributed by atoms with van der Waals surface area (Å²) >= 11 is 0. The molecule has 1 saturated heterocycles.